The highest BCUT2D eigenvalue weighted by Crippen LogP contribution is 2.33. The van der Waals surface area contributed by atoms with Crippen molar-refractivity contribution in [2.75, 3.05) is 19.3 Å². The number of carbonyl (C=O) groups is 1. The summed E-state index contributed by atoms with van der Waals surface area (Å²) in [7, 11) is 1.33. The van der Waals surface area contributed by atoms with Gasteiger partial charge < -0.3 is 10.6 Å². The third-order valence-electron chi connectivity index (χ3n) is 2.80. The van der Waals surface area contributed by atoms with E-state index >= 15 is 0 Å². The lowest BCUT2D eigenvalue weighted by atomic mass is 10.2. The van der Waals surface area contributed by atoms with Gasteiger partial charge in [-0.05, 0) is 6.07 Å². The number of nitrogens with zero attached hydrogens (tertiary/aromatic N) is 2. The lowest BCUT2D eigenvalue weighted by Crippen LogP contribution is -2.30. The van der Waals surface area contributed by atoms with Crippen LogP contribution in [0.4, 0.5) is 18.9 Å². The van der Waals surface area contributed by atoms with Crippen LogP contribution in [0.1, 0.15) is 16.1 Å². The zero-order chi connectivity index (χ0) is 14.9. The van der Waals surface area contributed by atoms with Gasteiger partial charge in [0.1, 0.15) is 4.88 Å². The van der Waals surface area contributed by atoms with Crippen LogP contribution in [0.2, 0.25) is 0 Å². The first-order chi connectivity index (χ1) is 9.29. The summed E-state index contributed by atoms with van der Waals surface area (Å²) in [6.45, 7) is -0.395. The molecule has 2 N–H and O–H groups in total. The standard InChI is InChI=1S/C12H12F3N3OS/c1-18(5-3-12(13,14)15)11(19)10-9(16)7-2-4-17-6-8(7)20-10/h2,4,6H,3,5,16H2,1H3. The molecule has 0 spiro atoms. The summed E-state index contributed by atoms with van der Waals surface area (Å²) in [4.78, 5) is 17.3. The Kier molecular flexibility index (Phi) is 3.85. The Morgan fingerprint density at radius 2 is 2.20 bits per heavy atom. The van der Waals surface area contributed by atoms with Crippen molar-refractivity contribution in [3.05, 3.63) is 23.3 Å². The highest BCUT2D eigenvalue weighted by atomic mass is 32.1. The van der Waals surface area contributed by atoms with E-state index in [0.29, 0.717) is 5.39 Å². The van der Waals surface area contributed by atoms with Crippen LogP contribution < -0.4 is 5.73 Å². The van der Waals surface area contributed by atoms with Gasteiger partial charge in [-0.25, -0.2) is 0 Å². The molecule has 0 bridgehead atoms. The fourth-order valence-electron chi connectivity index (χ4n) is 1.70. The maximum Gasteiger partial charge on any atom is 0.390 e. The van der Waals surface area contributed by atoms with Crippen molar-refractivity contribution in [3.63, 3.8) is 0 Å². The molecular formula is C12H12F3N3OS. The van der Waals surface area contributed by atoms with Crippen molar-refractivity contribution in [1.29, 1.82) is 0 Å². The molecule has 0 saturated carbocycles. The molecule has 0 aliphatic carbocycles. The average Bonchev–Trinajstić information content (AvgIpc) is 2.72. The van der Waals surface area contributed by atoms with E-state index in [9.17, 15) is 18.0 Å². The van der Waals surface area contributed by atoms with E-state index in [1.807, 2.05) is 0 Å². The number of hydrogen-bond donors (Lipinski definition) is 1. The third-order valence-corrected chi connectivity index (χ3v) is 3.95. The number of pyridine rings is 1. The van der Waals surface area contributed by atoms with Crippen LogP contribution in [0, 0.1) is 0 Å². The molecule has 0 saturated heterocycles. The Balaban J connectivity index is 2.21. The normalized spacial score (nSPS) is 11.8. The number of carbonyl (C=O) groups excluding carboxylic acids is 1. The van der Waals surface area contributed by atoms with E-state index < -0.39 is 25.0 Å². The molecule has 0 atom stereocenters. The number of nitrogens with two attached hydrogens (primary N) is 1. The van der Waals surface area contributed by atoms with E-state index in [1.54, 1.807) is 18.5 Å². The van der Waals surface area contributed by atoms with E-state index in [1.165, 1.54) is 7.05 Å². The molecule has 4 nitrogen and oxygen atoms in total. The Bertz CT molecular complexity index is 638. The van der Waals surface area contributed by atoms with Gasteiger partial charge in [-0.2, -0.15) is 13.2 Å². The Morgan fingerprint density at radius 1 is 1.50 bits per heavy atom. The lowest BCUT2D eigenvalue weighted by molar-refractivity contribution is -0.136. The number of thiophene rings is 1. The molecular weight excluding hydrogens is 291 g/mol. The fourth-order valence-corrected chi connectivity index (χ4v) is 2.78. The van der Waals surface area contributed by atoms with Gasteiger partial charge in [0.25, 0.3) is 5.91 Å². The van der Waals surface area contributed by atoms with Crippen molar-refractivity contribution in [2.45, 2.75) is 12.6 Å². The second kappa shape index (κ2) is 5.28. The van der Waals surface area contributed by atoms with E-state index in [-0.39, 0.29) is 10.6 Å². The van der Waals surface area contributed by atoms with Crippen LogP contribution in [0.5, 0.6) is 0 Å². The molecule has 108 valence electrons. The Hall–Kier alpha value is -1.83. The number of amides is 1. The first-order valence-corrected chi connectivity index (χ1v) is 6.55. The molecule has 2 aromatic heterocycles. The van der Waals surface area contributed by atoms with Crippen LogP contribution in [0.15, 0.2) is 18.5 Å². The number of halogens is 3. The SMILES string of the molecule is CN(CCC(F)(F)F)C(=O)c1sc2cnccc2c1N. The predicted molar refractivity (Wildman–Crippen MR) is 71.7 cm³/mol. The molecule has 2 rings (SSSR count). The van der Waals surface area contributed by atoms with Gasteiger partial charge in [-0.1, -0.05) is 0 Å². The summed E-state index contributed by atoms with van der Waals surface area (Å²) >= 11 is 1.13. The molecule has 20 heavy (non-hydrogen) atoms. The maximum atomic E-state index is 12.2. The van der Waals surface area contributed by atoms with Gasteiger partial charge in [0.2, 0.25) is 0 Å². The number of fused-ring (bicyclic) bond motifs is 1. The first-order valence-electron chi connectivity index (χ1n) is 5.74. The van der Waals surface area contributed by atoms with E-state index in [0.717, 1.165) is 20.9 Å². The topological polar surface area (TPSA) is 59.2 Å². The maximum absolute atomic E-state index is 12.2. The fraction of sp³-hybridized carbons (Fsp3) is 0.333. The highest BCUT2D eigenvalue weighted by Gasteiger charge is 2.29. The summed E-state index contributed by atoms with van der Waals surface area (Å²) in [5.74, 6) is -0.507. The first kappa shape index (κ1) is 14.6. The Morgan fingerprint density at radius 3 is 2.80 bits per heavy atom. The van der Waals surface area contributed by atoms with Crippen LogP contribution in [0.25, 0.3) is 10.1 Å². The molecule has 0 aliphatic heterocycles. The molecule has 0 fully saturated rings. The summed E-state index contributed by atoms with van der Waals surface area (Å²) in [6.07, 6.45) is -2.21. The number of anilines is 1. The van der Waals surface area contributed by atoms with Crippen molar-refractivity contribution in [1.82, 2.24) is 9.88 Å². The van der Waals surface area contributed by atoms with Crippen molar-refractivity contribution >= 4 is 33.0 Å². The predicted octanol–water partition coefficient (Wildman–Crippen LogP) is 2.90. The summed E-state index contributed by atoms with van der Waals surface area (Å²) in [5, 5.41) is 0.692. The molecule has 0 aliphatic rings. The van der Waals surface area contributed by atoms with Gasteiger partial charge in [-0.15, -0.1) is 11.3 Å². The number of hydrogen-bond acceptors (Lipinski definition) is 4. The van der Waals surface area contributed by atoms with Crippen LogP contribution in [0.3, 0.4) is 0 Å². The number of aromatic nitrogens is 1. The van der Waals surface area contributed by atoms with E-state index in [2.05, 4.69) is 4.98 Å². The summed E-state index contributed by atoms with van der Waals surface area (Å²) in [6, 6.07) is 1.67. The minimum absolute atomic E-state index is 0.248. The number of rotatable bonds is 3. The Labute approximate surface area is 117 Å². The molecule has 0 radical (unpaired) electrons. The zero-order valence-corrected chi connectivity index (χ0v) is 11.4. The third kappa shape index (κ3) is 3.01. The van der Waals surface area contributed by atoms with Gasteiger partial charge in [0, 0.05) is 31.4 Å². The van der Waals surface area contributed by atoms with Crippen molar-refractivity contribution < 1.29 is 18.0 Å². The van der Waals surface area contributed by atoms with Gasteiger partial charge in [0.15, 0.2) is 0 Å². The second-order valence-corrected chi connectivity index (χ2v) is 5.36. The molecule has 0 unspecified atom stereocenters. The monoisotopic (exact) mass is 303 g/mol. The van der Waals surface area contributed by atoms with E-state index in [4.69, 9.17) is 5.73 Å². The van der Waals surface area contributed by atoms with Crippen LogP contribution in [-0.2, 0) is 0 Å². The summed E-state index contributed by atoms with van der Waals surface area (Å²) in [5.41, 5.74) is 6.16. The van der Waals surface area contributed by atoms with Crippen molar-refractivity contribution in [3.8, 4) is 0 Å². The van der Waals surface area contributed by atoms with Crippen molar-refractivity contribution in [2.24, 2.45) is 0 Å². The number of alkyl halides is 3. The smallest absolute Gasteiger partial charge is 0.390 e. The van der Waals surface area contributed by atoms with Crippen LogP contribution in [-0.4, -0.2) is 35.6 Å². The van der Waals surface area contributed by atoms with Gasteiger partial charge in [0.05, 0.1) is 16.8 Å². The molecule has 2 heterocycles. The largest absolute Gasteiger partial charge is 0.397 e. The molecule has 1 amide bonds. The quantitative estimate of drug-likeness (QED) is 0.948. The second-order valence-electron chi connectivity index (χ2n) is 4.31. The zero-order valence-electron chi connectivity index (χ0n) is 10.6. The lowest BCUT2D eigenvalue weighted by Gasteiger charge is -2.17. The minimum Gasteiger partial charge on any atom is -0.397 e. The molecule has 2 aromatic rings. The van der Waals surface area contributed by atoms with Gasteiger partial charge in [-0.3, -0.25) is 9.78 Å². The average molecular weight is 303 g/mol. The molecule has 8 heteroatoms. The number of nitrogen functional groups attached to an aromatic ring is 1. The minimum atomic E-state index is -4.29. The van der Waals surface area contributed by atoms with Gasteiger partial charge >= 0.3 is 6.18 Å². The highest BCUT2D eigenvalue weighted by molar-refractivity contribution is 7.21. The van der Waals surface area contributed by atoms with Crippen LogP contribution >= 0.6 is 11.3 Å². The molecule has 0 aromatic carbocycles. The summed E-state index contributed by atoms with van der Waals surface area (Å²) < 4.78 is 37.2.